The van der Waals surface area contributed by atoms with E-state index in [1.807, 2.05) is 42.6 Å². The van der Waals surface area contributed by atoms with Gasteiger partial charge in [0.15, 0.2) is 0 Å². The van der Waals surface area contributed by atoms with Gasteiger partial charge in [-0.1, -0.05) is 48.5 Å². The van der Waals surface area contributed by atoms with Gasteiger partial charge in [-0.2, -0.15) is 0 Å². The lowest BCUT2D eigenvalue weighted by Gasteiger charge is -2.35. The third-order valence-corrected chi connectivity index (χ3v) is 5.26. The first-order valence-corrected chi connectivity index (χ1v) is 9.58. The third-order valence-electron chi connectivity index (χ3n) is 5.26. The maximum Gasteiger partial charge on any atom is 0.253 e. The fourth-order valence-corrected chi connectivity index (χ4v) is 3.96. The summed E-state index contributed by atoms with van der Waals surface area (Å²) in [6.45, 7) is 5.60. The van der Waals surface area contributed by atoms with Crippen LogP contribution in [0.5, 0.6) is 0 Å². The molecule has 1 aromatic heterocycles. The largest absolute Gasteiger partial charge is 0.375 e. The number of benzene rings is 2. The Morgan fingerprint density at radius 3 is 2.67 bits per heavy atom. The average Bonchev–Trinajstić information content (AvgIpc) is 3.01. The van der Waals surface area contributed by atoms with Gasteiger partial charge in [-0.15, -0.1) is 0 Å². The van der Waals surface area contributed by atoms with Crippen LogP contribution in [0.1, 0.15) is 42.6 Å². The van der Waals surface area contributed by atoms with Gasteiger partial charge in [-0.3, -0.25) is 4.79 Å². The molecule has 1 amide bonds. The molecule has 0 saturated carbocycles. The summed E-state index contributed by atoms with van der Waals surface area (Å²) in [7, 11) is 0. The van der Waals surface area contributed by atoms with E-state index >= 15 is 0 Å². The molecule has 2 aromatic carbocycles. The number of amides is 1. The molecule has 1 saturated heterocycles. The van der Waals surface area contributed by atoms with Gasteiger partial charge >= 0.3 is 0 Å². The first kappa shape index (κ1) is 17.8. The SMILES string of the molecule is CC1(C)C[C@@H](NC(=O)c2cn(Cc3ccccc3)c3ccccc23)CCO1. The second kappa shape index (κ2) is 7.20. The summed E-state index contributed by atoms with van der Waals surface area (Å²) in [4.78, 5) is 13.0. The Morgan fingerprint density at radius 2 is 1.89 bits per heavy atom. The molecule has 0 bridgehead atoms. The van der Waals surface area contributed by atoms with Gasteiger partial charge in [0, 0.05) is 36.3 Å². The van der Waals surface area contributed by atoms with E-state index < -0.39 is 0 Å². The predicted molar refractivity (Wildman–Crippen MR) is 108 cm³/mol. The van der Waals surface area contributed by atoms with E-state index in [-0.39, 0.29) is 17.6 Å². The number of nitrogens with one attached hydrogen (secondary N) is 1. The number of rotatable bonds is 4. The van der Waals surface area contributed by atoms with E-state index in [1.54, 1.807) is 0 Å². The maximum absolute atomic E-state index is 13.0. The molecule has 1 fully saturated rings. The minimum absolute atomic E-state index is 0.000659. The van der Waals surface area contributed by atoms with Crippen molar-refractivity contribution in [2.45, 2.75) is 44.9 Å². The zero-order valence-corrected chi connectivity index (χ0v) is 15.9. The van der Waals surface area contributed by atoms with Crippen LogP contribution in [-0.4, -0.2) is 28.7 Å². The zero-order valence-electron chi connectivity index (χ0n) is 15.9. The highest BCUT2D eigenvalue weighted by Crippen LogP contribution is 2.26. The van der Waals surface area contributed by atoms with E-state index in [4.69, 9.17) is 4.74 Å². The van der Waals surface area contributed by atoms with E-state index in [9.17, 15) is 4.79 Å². The maximum atomic E-state index is 13.0. The van der Waals surface area contributed by atoms with Crippen molar-refractivity contribution in [2.75, 3.05) is 6.61 Å². The molecule has 2 heterocycles. The molecule has 1 atom stereocenters. The van der Waals surface area contributed by atoms with Gasteiger partial charge in [0.25, 0.3) is 5.91 Å². The highest BCUT2D eigenvalue weighted by molar-refractivity contribution is 6.07. The molecule has 4 heteroatoms. The van der Waals surface area contributed by atoms with Gasteiger partial charge in [0.1, 0.15) is 0 Å². The molecule has 4 nitrogen and oxygen atoms in total. The number of para-hydroxylation sites is 1. The van der Waals surface area contributed by atoms with Crippen LogP contribution >= 0.6 is 0 Å². The Bertz CT molecular complexity index is 943. The summed E-state index contributed by atoms with van der Waals surface area (Å²) in [6, 6.07) is 18.6. The lowest BCUT2D eigenvalue weighted by Crippen LogP contribution is -2.45. The Kier molecular flexibility index (Phi) is 4.75. The molecule has 0 aliphatic carbocycles. The van der Waals surface area contributed by atoms with Gasteiger partial charge in [-0.05, 0) is 38.3 Å². The number of carbonyl (C=O) groups excluding carboxylic acids is 1. The monoisotopic (exact) mass is 362 g/mol. The van der Waals surface area contributed by atoms with Crippen molar-refractivity contribution in [1.29, 1.82) is 0 Å². The van der Waals surface area contributed by atoms with Crippen LogP contribution in [-0.2, 0) is 11.3 Å². The van der Waals surface area contributed by atoms with Crippen molar-refractivity contribution in [3.63, 3.8) is 0 Å². The van der Waals surface area contributed by atoms with Crippen LogP contribution in [0.25, 0.3) is 10.9 Å². The first-order chi connectivity index (χ1) is 13.0. The highest BCUT2D eigenvalue weighted by atomic mass is 16.5. The van der Waals surface area contributed by atoms with E-state index in [0.717, 1.165) is 35.9 Å². The molecule has 1 N–H and O–H groups in total. The predicted octanol–water partition coefficient (Wildman–Crippen LogP) is 4.38. The normalized spacial score (nSPS) is 19.1. The van der Waals surface area contributed by atoms with Gasteiger partial charge in [-0.25, -0.2) is 0 Å². The van der Waals surface area contributed by atoms with Gasteiger partial charge in [0.05, 0.1) is 11.2 Å². The Morgan fingerprint density at radius 1 is 1.15 bits per heavy atom. The molecular weight excluding hydrogens is 336 g/mol. The molecule has 4 rings (SSSR count). The molecular formula is C23H26N2O2. The molecule has 0 spiro atoms. The van der Waals surface area contributed by atoms with Crippen molar-refractivity contribution >= 4 is 16.8 Å². The summed E-state index contributed by atoms with van der Waals surface area (Å²) in [5, 5.41) is 4.23. The summed E-state index contributed by atoms with van der Waals surface area (Å²) < 4.78 is 7.93. The molecule has 0 radical (unpaired) electrons. The molecule has 140 valence electrons. The topological polar surface area (TPSA) is 43.3 Å². The van der Waals surface area contributed by atoms with Crippen LogP contribution in [0, 0.1) is 0 Å². The van der Waals surface area contributed by atoms with Crippen molar-refractivity contribution in [1.82, 2.24) is 9.88 Å². The fraction of sp³-hybridized carbons (Fsp3) is 0.348. The van der Waals surface area contributed by atoms with Crippen LogP contribution in [0.15, 0.2) is 60.8 Å². The van der Waals surface area contributed by atoms with Crippen molar-refractivity contribution in [2.24, 2.45) is 0 Å². The number of aromatic nitrogens is 1. The van der Waals surface area contributed by atoms with Crippen molar-refractivity contribution in [3.05, 3.63) is 71.9 Å². The number of carbonyl (C=O) groups is 1. The summed E-state index contributed by atoms with van der Waals surface area (Å²) in [5.74, 6) is 0.000659. The number of fused-ring (bicyclic) bond motifs is 1. The molecule has 3 aromatic rings. The Balaban J connectivity index is 1.61. The highest BCUT2D eigenvalue weighted by Gasteiger charge is 2.30. The molecule has 0 unspecified atom stereocenters. The first-order valence-electron chi connectivity index (χ1n) is 9.58. The zero-order chi connectivity index (χ0) is 18.9. The summed E-state index contributed by atoms with van der Waals surface area (Å²) in [6.07, 6.45) is 3.68. The second-order valence-electron chi connectivity index (χ2n) is 7.94. The summed E-state index contributed by atoms with van der Waals surface area (Å²) >= 11 is 0. The lowest BCUT2D eigenvalue weighted by molar-refractivity contribution is -0.0615. The van der Waals surface area contributed by atoms with Crippen molar-refractivity contribution < 1.29 is 9.53 Å². The average molecular weight is 362 g/mol. The number of ether oxygens (including phenoxy) is 1. The Hall–Kier alpha value is -2.59. The minimum atomic E-state index is -0.183. The van der Waals surface area contributed by atoms with E-state index in [1.165, 1.54) is 5.56 Å². The standard InChI is InChI=1S/C23H26N2O2/c1-23(2)14-18(12-13-27-23)24-22(26)20-16-25(15-17-8-4-3-5-9-17)21-11-7-6-10-19(20)21/h3-11,16,18H,12-15H2,1-2H3,(H,24,26)/t18-/m0/s1. The molecule has 27 heavy (non-hydrogen) atoms. The van der Waals surface area contributed by atoms with Gasteiger partial charge in [0.2, 0.25) is 0 Å². The number of hydrogen-bond acceptors (Lipinski definition) is 2. The van der Waals surface area contributed by atoms with Crippen LogP contribution in [0.3, 0.4) is 0 Å². The number of hydrogen-bond donors (Lipinski definition) is 1. The fourth-order valence-electron chi connectivity index (χ4n) is 3.96. The third kappa shape index (κ3) is 3.91. The van der Waals surface area contributed by atoms with E-state index in [2.05, 4.69) is 41.9 Å². The van der Waals surface area contributed by atoms with Crippen LogP contribution < -0.4 is 5.32 Å². The minimum Gasteiger partial charge on any atom is -0.375 e. The van der Waals surface area contributed by atoms with E-state index in [0.29, 0.717) is 6.61 Å². The smallest absolute Gasteiger partial charge is 0.253 e. The van der Waals surface area contributed by atoms with Crippen molar-refractivity contribution in [3.8, 4) is 0 Å². The molecule has 1 aliphatic heterocycles. The van der Waals surface area contributed by atoms with Gasteiger partial charge < -0.3 is 14.6 Å². The lowest BCUT2D eigenvalue weighted by atomic mass is 9.94. The number of nitrogens with zero attached hydrogens (tertiary/aromatic N) is 1. The quantitative estimate of drug-likeness (QED) is 0.749. The van der Waals surface area contributed by atoms with Crippen LogP contribution in [0.2, 0.25) is 0 Å². The second-order valence-corrected chi connectivity index (χ2v) is 7.94. The molecule has 1 aliphatic rings. The summed E-state index contributed by atoms with van der Waals surface area (Å²) in [5.41, 5.74) is 2.86. The Labute approximate surface area is 160 Å². The van der Waals surface area contributed by atoms with Crippen LogP contribution in [0.4, 0.5) is 0 Å².